The van der Waals surface area contributed by atoms with Crippen LogP contribution < -0.4 is 9.64 Å². The molecule has 0 bridgehead atoms. The molecule has 0 radical (unpaired) electrons. The average Bonchev–Trinajstić information content (AvgIpc) is 2.40. The van der Waals surface area contributed by atoms with Crippen LogP contribution in [0, 0.1) is 0 Å². The van der Waals surface area contributed by atoms with Crippen molar-refractivity contribution in [2.24, 2.45) is 0 Å². The second kappa shape index (κ2) is 5.69. The molecule has 0 aliphatic carbocycles. The molecule has 0 atom stereocenters. The van der Waals surface area contributed by atoms with Gasteiger partial charge in [0.1, 0.15) is 5.75 Å². The van der Waals surface area contributed by atoms with E-state index in [4.69, 9.17) is 16.3 Å². The van der Waals surface area contributed by atoms with Crippen molar-refractivity contribution in [3.8, 4) is 5.75 Å². The van der Waals surface area contributed by atoms with Gasteiger partial charge >= 0.3 is 0 Å². The predicted molar refractivity (Wildman–Crippen MR) is 72.1 cm³/mol. The summed E-state index contributed by atoms with van der Waals surface area (Å²) in [6, 6.07) is 11.5. The van der Waals surface area contributed by atoms with Gasteiger partial charge in [-0.1, -0.05) is 23.7 Å². The van der Waals surface area contributed by atoms with Gasteiger partial charge in [-0.25, -0.2) is 0 Å². The predicted octanol–water partition coefficient (Wildman–Crippen LogP) is 2.78. The highest BCUT2D eigenvalue weighted by Gasteiger charge is 2.04. The Labute approximate surface area is 111 Å². The van der Waals surface area contributed by atoms with Crippen molar-refractivity contribution < 1.29 is 4.74 Å². The lowest BCUT2D eigenvalue weighted by atomic mass is 10.2. The molecule has 0 saturated heterocycles. The SMILES string of the molecule is COc1ccc(CN(C)c2ccc(Cl)nn2)cc1. The molecular weight excluding hydrogens is 250 g/mol. The number of rotatable bonds is 4. The van der Waals surface area contributed by atoms with Crippen LogP contribution in [0.15, 0.2) is 36.4 Å². The molecule has 1 aromatic carbocycles. The molecule has 0 N–H and O–H groups in total. The third kappa shape index (κ3) is 3.11. The molecule has 4 nitrogen and oxygen atoms in total. The Bertz CT molecular complexity index is 499. The van der Waals surface area contributed by atoms with Crippen LogP contribution in [0.1, 0.15) is 5.56 Å². The number of nitrogens with zero attached hydrogens (tertiary/aromatic N) is 3. The van der Waals surface area contributed by atoms with Crippen LogP contribution in [0.5, 0.6) is 5.75 Å². The molecular formula is C13H14ClN3O. The lowest BCUT2D eigenvalue weighted by Crippen LogP contribution is -2.17. The minimum atomic E-state index is 0.400. The first-order valence-electron chi connectivity index (χ1n) is 5.52. The van der Waals surface area contributed by atoms with Crippen LogP contribution >= 0.6 is 11.6 Å². The highest BCUT2D eigenvalue weighted by atomic mass is 35.5. The van der Waals surface area contributed by atoms with Crippen LogP contribution in [0.4, 0.5) is 5.82 Å². The molecule has 5 heteroatoms. The number of aromatic nitrogens is 2. The number of hydrogen-bond donors (Lipinski definition) is 0. The summed E-state index contributed by atoms with van der Waals surface area (Å²) in [5.41, 5.74) is 1.18. The van der Waals surface area contributed by atoms with Gasteiger partial charge in [-0.3, -0.25) is 0 Å². The van der Waals surface area contributed by atoms with Crippen molar-refractivity contribution in [3.63, 3.8) is 0 Å². The largest absolute Gasteiger partial charge is 0.497 e. The van der Waals surface area contributed by atoms with E-state index in [1.165, 1.54) is 5.56 Å². The average molecular weight is 264 g/mol. The van der Waals surface area contributed by atoms with Crippen molar-refractivity contribution in [2.45, 2.75) is 6.54 Å². The molecule has 2 aromatic rings. The molecule has 0 spiro atoms. The first-order chi connectivity index (χ1) is 8.69. The number of hydrogen-bond acceptors (Lipinski definition) is 4. The zero-order valence-corrected chi connectivity index (χ0v) is 11.1. The summed E-state index contributed by atoms with van der Waals surface area (Å²) in [6.45, 7) is 0.750. The first-order valence-corrected chi connectivity index (χ1v) is 5.90. The van der Waals surface area contributed by atoms with Crippen LogP contribution in [-0.2, 0) is 6.54 Å². The quantitative estimate of drug-likeness (QED) is 0.850. The van der Waals surface area contributed by atoms with Crippen molar-refractivity contribution in [2.75, 3.05) is 19.1 Å². The highest BCUT2D eigenvalue weighted by molar-refractivity contribution is 6.29. The molecule has 0 amide bonds. The zero-order valence-electron chi connectivity index (χ0n) is 10.3. The highest BCUT2D eigenvalue weighted by Crippen LogP contribution is 2.16. The van der Waals surface area contributed by atoms with Gasteiger partial charge in [-0.2, -0.15) is 0 Å². The van der Waals surface area contributed by atoms with Gasteiger partial charge in [0.05, 0.1) is 7.11 Å². The number of benzene rings is 1. The lowest BCUT2D eigenvalue weighted by Gasteiger charge is -2.17. The molecule has 1 heterocycles. The summed E-state index contributed by atoms with van der Waals surface area (Å²) < 4.78 is 5.12. The summed E-state index contributed by atoms with van der Waals surface area (Å²) >= 11 is 5.70. The van der Waals surface area contributed by atoms with E-state index >= 15 is 0 Å². The van der Waals surface area contributed by atoms with Gasteiger partial charge in [-0.05, 0) is 29.8 Å². The number of ether oxygens (including phenoxy) is 1. The van der Waals surface area contributed by atoms with Crippen molar-refractivity contribution >= 4 is 17.4 Å². The third-order valence-electron chi connectivity index (χ3n) is 2.59. The molecule has 0 aliphatic heterocycles. The number of anilines is 1. The summed E-state index contributed by atoms with van der Waals surface area (Å²) in [4.78, 5) is 2.01. The van der Waals surface area contributed by atoms with Crippen molar-refractivity contribution in [1.29, 1.82) is 0 Å². The molecule has 0 aliphatic rings. The summed E-state index contributed by atoms with van der Waals surface area (Å²) in [5, 5.41) is 8.25. The number of halogens is 1. The second-order valence-corrected chi connectivity index (χ2v) is 4.31. The van der Waals surface area contributed by atoms with E-state index in [2.05, 4.69) is 10.2 Å². The van der Waals surface area contributed by atoms with E-state index in [9.17, 15) is 0 Å². The maximum atomic E-state index is 5.70. The Balaban J connectivity index is 2.05. The fourth-order valence-electron chi connectivity index (χ4n) is 1.60. The van der Waals surface area contributed by atoms with E-state index in [1.807, 2.05) is 42.3 Å². The Morgan fingerprint density at radius 2 is 1.83 bits per heavy atom. The standard InChI is InChI=1S/C13H14ClN3O/c1-17(13-8-7-12(14)15-16-13)9-10-3-5-11(18-2)6-4-10/h3-8H,9H2,1-2H3. The van der Waals surface area contributed by atoms with Gasteiger partial charge in [-0.15, -0.1) is 10.2 Å². The monoisotopic (exact) mass is 263 g/mol. The van der Waals surface area contributed by atoms with Gasteiger partial charge in [0.2, 0.25) is 0 Å². The molecule has 1 aromatic heterocycles. The minimum Gasteiger partial charge on any atom is -0.497 e. The third-order valence-corrected chi connectivity index (χ3v) is 2.79. The fraction of sp³-hybridized carbons (Fsp3) is 0.231. The van der Waals surface area contributed by atoms with Gasteiger partial charge in [0.15, 0.2) is 11.0 Å². The van der Waals surface area contributed by atoms with E-state index in [0.717, 1.165) is 18.1 Å². The van der Waals surface area contributed by atoms with E-state index in [0.29, 0.717) is 5.15 Å². The maximum Gasteiger partial charge on any atom is 0.151 e. The Morgan fingerprint density at radius 1 is 1.11 bits per heavy atom. The molecule has 0 unspecified atom stereocenters. The molecule has 18 heavy (non-hydrogen) atoms. The van der Waals surface area contributed by atoms with E-state index < -0.39 is 0 Å². The second-order valence-electron chi connectivity index (χ2n) is 3.92. The normalized spacial score (nSPS) is 10.2. The summed E-state index contributed by atoms with van der Waals surface area (Å²) in [7, 11) is 3.62. The van der Waals surface area contributed by atoms with Crippen molar-refractivity contribution in [3.05, 3.63) is 47.1 Å². The van der Waals surface area contributed by atoms with E-state index in [1.54, 1.807) is 13.2 Å². The molecule has 2 rings (SSSR count). The summed E-state index contributed by atoms with van der Waals surface area (Å²) in [6.07, 6.45) is 0. The Kier molecular flexibility index (Phi) is 3.99. The minimum absolute atomic E-state index is 0.400. The smallest absolute Gasteiger partial charge is 0.151 e. The maximum absolute atomic E-state index is 5.70. The Hall–Kier alpha value is -1.81. The lowest BCUT2D eigenvalue weighted by molar-refractivity contribution is 0.414. The Morgan fingerprint density at radius 3 is 2.39 bits per heavy atom. The van der Waals surface area contributed by atoms with Crippen molar-refractivity contribution in [1.82, 2.24) is 10.2 Å². The van der Waals surface area contributed by atoms with E-state index in [-0.39, 0.29) is 0 Å². The molecule has 0 saturated carbocycles. The van der Waals surface area contributed by atoms with Gasteiger partial charge in [0.25, 0.3) is 0 Å². The molecule has 0 fully saturated rings. The van der Waals surface area contributed by atoms with Crippen LogP contribution in [0.25, 0.3) is 0 Å². The topological polar surface area (TPSA) is 38.2 Å². The van der Waals surface area contributed by atoms with Gasteiger partial charge in [0, 0.05) is 13.6 Å². The van der Waals surface area contributed by atoms with Crippen LogP contribution in [-0.4, -0.2) is 24.4 Å². The zero-order chi connectivity index (χ0) is 13.0. The molecule has 94 valence electrons. The fourth-order valence-corrected chi connectivity index (χ4v) is 1.70. The van der Waals surface area contributed by atoms with Crippen LogP contribution in [0.2, 0.25) is 5.15 Å². The summed E-state index contributed by atoms with van der Waals surface area (Å²) in [5.74, 6) is 1.64. The van der Waals surface area contributed by atoms with Gasteiger partial charge < -0.3 is 9.64 Å². The first kappa shape index (κ1) is 12.6. The van der Waals surface area contributed by atoms with Crippen LogP contribution in [0.3, 0.4) is 0 Å². The number of methoxy groups -OCH3 is 1.